The number of hydrogen-bond acceptors (Lipinski definition) is 2. The highest BCUT2D eigenvalue weighted by Gasteiger charge is 2.21. The maximum atomic E-state index is 13.6. The number of carbonyl (C=O) groups excluding carboxylic acids is 1. The molecule has 17 heavy (non-hydrogen) atoms. The molecule has 1 fully saturated rings. The molecular weight excluding hydrogens is 226 g/mol. The minimum absolute atomic E-state index is 0.0120. The second-order valence-corrected chi connectivity index (χ2v) is 4.24. The number of carbonyl (C=O) groups is 1. The minimum Gasteiger partial charge on any atom is -0.378 e. The average Bonchev–Trinajstić information content (AvgIpc) is 2.70. The topological polar surface area (TPSA) is 41.1 Å². The second-order valence-electron chi connectivity index (χ2n) is 4.24. The fraction of sp³-hybridized carbons (Fsp3) is 0.417. The van der Waals surface area contributed by atoms with E-state index in [9.17, 15) is 13.6 Å². The van der Waals surface area contributed by atoms with Gasteiger partial charge < -0.3 is 10.6 Å². The average molecular weight is 240 g/mol. The first-order valence-electron chi connectivity index (χ1n) is 5.56. The lowest BCUT2D eigenvalue weighted by atomic mass is 10.2. The highest BCUT2D eigenvalue weighted by atomic mass is 19.1. The van der Waals surface area contributed by atoms with E-state index in [4.69, 9.17) is 0 Å². The van der Waals surface area contributed by atoms with E-state index in [1.165, 1.54) is 12.1 Å². The lowest BCUT2D eigenvalue weighted by Crippen LogP contribution is -2.32. The summed E-state index contributed by atoms with van der Waals surface area (Å²) in [6.45, 7) is 1.92. The molecule has 1 heterocycles. The van der Waals surface area contributed by atoms with Gasteiger partial charge >= 0.3 is 0 Å². The zero-order valence-corrected chi connectivity index (χ0v) is 9.52. The third-order valence-electron chi connectivity index (χ3n) is 2.89. The van der Waals surface area contributed by atoms with Crippen LogP contribution in [-0.2, 0) is 4.79 Å². The van der Waals surface area contributed by atoms with Gasteiger partial charge in [0.1, 0.15) is 11.5 Å². The Kier molecular flexibility index (Phi) is 3.26. The van der Waals surface area contributed by atoms with E-state index in [0.29, 0.717) is 24.9 Å². The zero-order chi connectivity index (χ0) is 12.4. The molecule has 3 nitrogen and oxygen atoms in total. The molecule has 0 spiro atoms. The van der Waals surface area contributed by atoms with Crippen LogP contribution in [0.3, 0.4) is 0 Å². The summed E-state index contributed by atoms with van der Waals surface area (Å²) < 4.78 is 27.0. The number of nitrogens with one attached hydrogen (secondary N) is 2. The summed E-state index contributed by atoms with van der Waals surface area (Å²) in [7, 11) is 0. The predicted molar refractivity (Wildman–Crippen MR) is 60.7 cm³/mol. The predicted octanol–water partition coefficient (Wildman–Crippen LogP) is 1.96. The van der Waals surface area contributed by atoms with Crippen molar-refractivity contribution in [1.29, 1.82) is 0 Å². The molecule has 1 saturated heterocycles. The summed E-state index contributed by atoms with van der Waals surface area (Å²) in [6, 6.07) is 2.57. The Hall–Kier alpha value is -1.65. The number of aryl methyl sites for hydroxylation is 1. The standard InChI is InChI=1S/C12H14F2N2O/c1-7-2-4-9(13)12(11(7)14)15-6-8-3-5-10(17)16-8/h2,4,8,15H,3,5-6H2,1H3,(H,16,17). The second kappa shape index (κ2) is 4.69. The van der Waals surface area contributed by atoms with Crippen LogP contribution in [0.25, 0.3) is 0 Å². The van der Waals surface area contributed by atoms with Crippen molar-refractivity contribution in [2.75, 3.05) is 11.9 Å². The first-order chi connectivity index (χ1) is 8.08. The molecule has 2 N–H and O–H groups in total. The van der Waals surface area contributed by atoms with Gasteiger partial charge in [-0.2, -0.15) is 0 Å². The van der Waals surface area contributed by atoms with Crippen LogP contribution in [0, 0.1) is 18.6 Å². The van der Waals surface area contributed by atoms with Crippen molar-refractivity contribution < 1.29 is 13.6 Å². The van der Waals surface area contributed by atoms with Crippen molar-refractivity contribution in [3.05, 3.63) is 29.3 Å². The smallest absolute Gasteiger partial charge is 0.220 e. The first kappa shape index (κ1) is 11.8. The number of anilines is 1. The molecule has 1 aromatic carbocycles. The molecule has 1 aliphatic heterocycles. The van der Waals surface area contributed by atoms with Gasteiger partial charge in [0.2, 0.25) is 5.91 Å². The SMILES string of the molecule is Cc1ccc(F)c(NCC2CCC(=O)N2)c1F. The molecule has 1 aliphatic rings. The summed E-state index contributed by atoms with van der Waals surface area (Å²) in [5, 5.41) is 5.45. The Morgan fingerprint density at radius 3 is 2.88 bits per heavy atom. The van der Waals surface area contributed by atoms with Crippen LogP contribution in [0.4, 0.5) is 14.5 Å². The van der Waals surface area contributed by atoms with Crippen LogP contribution >= 0.6 is 0 Å². The van der Waals surface area contributed by atoms with E-state index in [1.54, 1.807) is 6.92 Å². The number of benzene rings is 1. The molecule has 0 aliphatic carbocycles. The quantitative estimate of drug-likeness (QED) is 0.848. The molecule has 92 valence electrons. The molecule has 1 unspecified atom stereocenters. The van der Waals surface area contributed by atoms with E-state index < -0.39 is 11.6 Å². The van der Waals surface area contributed by atoms with Gasteiger partial charge in [-0.05, 0) is 25.0 Å². The van der Waals surface area contributed by atoms with Crippen LogP contribution in [0.15, 0.2) is 12.1 Å². The minimum atomic E-state index is -0.613. The Morgan fingerprint density at radius 2 is 2.24 bits per heavy atom. The van der Waals surface area contributed by atoms with Crippen molar-refractivity contribution >= 4 is 11.6 Å². The monoisotopic (exact) mass is 240 g/mol. The third kappa shape index (κ3) is 2.54. The van der Waals surface area contributed by atoms with Crippen molar-refractivity contribution in [2.24, 2.45) is 0 Å². The highest BCUT2D eigenvalue weighted by molar-refractivity contribution is 5.78. The molecule has 0 radical (unpaired) electrons. The Bertz CT molecular complexity index is 448. The molecule has 0 saturated carbocycles. The molecular formula is C12H14F2N2O. The molecule has 1 amide bonds. The Morgan fingerprint density at radius 1 is 1.47 bits per heavy atom. The van der Waals surface area contributed by atoms with Gasteiger partial charge in [0.25, 0.3) is 0 Å². The van der Waals surface area contributed by atoms with Gasteiger partial charge in [0.15, 0.2) is 5.82 Å². The van der Waals surface area contributed by atoms with Crippen molar-refractivity contribution in [1.82, 2.24) is 5.32 Å². The van der Waals surface area contributed by atoms with Gasteiger partial charge in [0, 0.05) is 19.0 Å². The molecule has 1 atom stereocenters. The normalized spacial score (nSPS) is 19.2. The van der Waals surface area contributed by atoms with Crippen molar-refractivity contribution in [3.63, 3.8) is 0 Å². The fourth-order valence-corrected chi connectivity index (χ4v) is 1.87. The molecule has 5 heteroatoms. The van der Waals surface area contributed by atoms with E-state index in [-0.39, 0.29) is 17.6 Å². The molecule has 2 rings (SSSR count). The van der Waals surface area contributed by atoms with E-state index in [0.717, 1.165) is 0 Å². The van der Waals surface area contributed by atoms with Crippen LogP contribution in [0.2, 0.25) is 0 Å². The maximum Gasteiger partial charge on any atom is 0.220 e. The largest absolute Gasteiger partial charge is 0.378 e. The summed E-state index contributed by atoms with van der Waals surface area (Å²) >= 11 is 0. The number of rotatable bonds is 3. The lowest BCUT2D eigenvalue weighted by Gasteiger charge is -2.14. The van der Waals surface area contributed by atoms with Crippen LogP contribution in [0.5, 0.6) is 0 Å². The zero-order valence-electron chi connectivity index (χ0n) is 9.52. The van der Waals surface area contributed by atoms with Gasteiger partial charge in [0.05, 0.1) is 0 Å². The Labute approximate surface area is 98.2 Å². The first-order valence-corrected chi connectivity index (χ1v) is 5.56. The highest BCUT2D eigenvalue weighted by Crippen LogP contribution is 2.22. The third-order valence-corrected chi connectivity index (χ3v) is 2.89. The number of hydrogen-bond donors (Lipinski definition) is 2. The maximum absolute atomic E-state index is 13.6. The van der Waals surface area contributed by atoms with Crippen molar-refractivity contribution in [3.8, 4) is 0 Å². The fourth-order valence-electron chi connectivity index (χ4n) is 1.87. The summed E-state index contributed by atoms with van der Waals surface area (Å²) in [4.78, 5) is 11.0. The van der Waals surface area contributed by atoms with Gasteiger partial charge in [-0.15, -0.1) is 0 Å². The number of amides is 1. The van der Waals surface area contributed by atoms with E-state index in [1.807, 2.05) is 0 Å². The number of halogens is 2. The van der Waals surface area contributed by atoms with E-state index in [2.05, 4.69) is 10.6 Å². The summed E-state index contributed by atoms with van der Waals surface area (Å²) in [5.41, 5.74) is 0.274. The molecule has 0 bridgehead atoms. The van der Waals surface area contributed by atoms with Crippen molar-refractivity contribution in [2.45, 2.75) is 25.8 Å². The summed E-state index contributed by atoms with van der Waals surface area (Å²) in [6.07, 6.45) is 1.17. The Balaban J connectivity index is 2.04. The lowest BCUT2D eigenvalue weighted by molar-refractivity contribution is -0.119. The molecule has 0 aromatic heterocycles. The van der Waals surface area contributed by atoms with Crippen LogP contribution in [-0.4, -0.2) is 18.5 Å². The van der Waals surface area contributed by atoms with Gasteiger partial charge in [-0.3, -0.25) is 4.79 Å². The molecule has 1 aromatic rings. The summed E-state index contributed by atoms with van der Waals surface area (Å²) in [5.74, 6) is -1.20. The van der Waals surface area contributed by atoms with Crippen LogP contribution in [0.1, 0.15) is 18.4 Å². The van der Waals surface area contributed by atoms with Crippen LogP contribution < -0.4 is 10.6 Å². The van der Waals surface area contributed by atoms with Gasteiger partial charge in [-0.1, -0.05) is 6.07 Å². The van der Waals surface area contributed by atoms with Gasteiger partial charge in [-0.25, -0.2) is 8.78 Å². The van der Waals surface area contributed by atoms with E-state index >= 15 is 0 Å².